The first-order valence-electron chi connectivity index (χ1n) is 8.78. The lowest BCUT2D eigenvalue weighted by Gasteiger charge is -2.31. The number of nitrogens with one attached hydrogen (secondary N) is 1. The fraction of sp³-hybridized carbons (Fsp3) is 0.444. The van der Waals surface area contributed by atoms with Crippen LogP contribution >= 0.6 is 11.3 Å². The van der Waals surface area contributed by atoms with Gasteiger partial charge >= 0.3 is 0 Å². The highest BCUT2D eigenvalue weighted by Gasteiger charge is 2.28. The van der Waals surface area contributed by atoms with Gasteiger partial charge in [-0.25, -0.2) is 0 Å². The van der Waals surface area contributed by atoms with Gasteiger partial charge in [-0.3, -0.25) is 9.59 Å². The van der Waals surface area contributed by atoms with Crippen LogP contribution < -0.4 is 10.1 Å². The number of nitrogens with zero attached hydrogens (tertiary/aromatic N) is 3. The number of likely N-dealkylation sites (tertiary alicyclic amines) is 1. The van der Waals surface area contributed by atoms with E-state index in [2.05, 4.69) is 21.6 Å². The summed E-state index contributed by atoms with van der Waals surface area (Å²) in [5, 5.41) is 10.9. The van der Waals surface area contributed by atoms with E-state index >= 15 is 0 Å². The van der Waals surface area contributed by atoms with Crippen LogP contribution in [0.1, 0.15) is 24.0 Å². The number of carbonyl (C=O) groups excluding carboxylic acids is 2. The molecule has 8 heteroatoms. The number of hydrogen-bond acceptors (Lipinski definition) is 6. The number of fused-ring (bicyclic) bond motifs is 1. The highest BCUT2D eigenvalue weighted by molar-refractivity contribution is 7.13. The zero-order chi connectivity index (χ0) is 17.9. The lowest BCUT2D eigenvalue weighted by molar-refractivity contribution is -0.133. The van der Waals surface area contributed by atoms with Crippen molar-refractivity contribution in [2.24, 2.45) is 5.92 Å². The molecule has 0 saturated carbocycles. The predicted octanol–water partition coefficient (Wildman–Crippen LogP) is 1.89. The molecule has 2 aliphatic rings. The Labute approximate surface area is 155 Å². The van der Waals surface area contributed by atoms with Crippen molar-refractivity contribution in [1.82, 2.24) is 15.1 Å². The van der Waals surface area contributed by atoms with Crippen LogP contribution in [0.3, 0.4) is 0 Å². The molecule has 1 aromatic heterocycles. The number of piperidine rings is 1. The molecule has 1 aromatic carbocycles. The first kappa shape index (κ1) is 17.0. The molecule has 0 bridgehead atoms. The Bertz CT molecular complexity index is 801. The largest absolute Gasteiger partial charge is 0.493 e. The molecule has 0 spiro atoms. The van der Waals surface area contributed by atoms with Gasteiger partial charge in [0.25, 0.3) is 0 Å². The average molecular weight is 372 g/mol. The van der Waals surface area contributed by atoms with E-state index in [0.29, 0.717) is 37.5 Å². The maximum Gasteiger partial charge on any atom is 0.229 e. The number of aromatic nitrogens is 2. The molecule has 7 nitrogen and oxygen atoms in total. The van der Waals surface area contributed by atoms with Crippen molar-refractivity contribution in [1.29, 1.82) is 0 Å². The minimum atomic E-state index is -0.0832. The molecule has 0 radical (unpaired) electrons. The second kappa shape index (κ2) is 7.41. The smallest absolute Gasteiger partial charge is 0.229 e. The highest BCUT2D eigenvalue weighted by Crippen LogP contribution is 2.26. The molecule has 1 saturated heterocycles. The molecule has 0 aliphatic carbocycles. The van der Waals surface area contributed by atoms with Crippen LogP contribution in [0.15, 0.2) is 23.7 Å². The van der Waals surface area contributed by atoms with E-state index in [9.17, 15) is 9.59 Å². The molecule has 4 rings (SSSR count). The number of carbonyl (C=O) groups is 2. The zero-order valence-electron chi connectivity index (χ0n) is 14.3. The third kappa shape index (κ3) is 3.70. The molecule has 0 atom stereocenters. The van der Waals surface area contributed by atoms with Crippen LogP contribution in [0.2, 0.25) is 0 Å². The molecule has 26 heavy (non-hydrogen) atoms. The highest BCUT2D eigenvalue weighted by atomic mass is 32.1. The van der Waals surface area contributed by atoms with Crippen molar-refractivity contribution < 1.29 is 14.3 Å². The van der Waals surface area contributed by atoms with E-state index in [1.54, 1.807) is 5.51 Å². The van der Waals surface area contributed by atoms with Crippen molar-refractivity contribution >= 4 is 28.3 Å². The van der Waals surface area contributed by atoms with Gasteiger partial charge in [0.05, 0.1) is 13.0 Å². The second-order valence-electron chi connectivity index (χ2n) is 6.61. The Balaban J connectivity index is 1.28. The van der Waals surface area contributed by atoms with Crippen LogP contribution in [0.5, 0.6) is 5.75 Å². The maximum atomic E-state index is 12.6. The van der Waals surface area contributed by atoms with E-state index in [-0.39, 0.29) is 17.7 Å². The van der Waals surface area contributed by atoms with E-state index in [1.165, 1.54) is 16.9 Å². The van der Waals surface area contributed by atoms with Crippen LogP contribution in [0.4, 0.5) is 5.13 Å². The number of amides is 2. The van der Waals surface area contributed by atoms with Gasteiger partial charge in [-0.2, -0.15) is 0 Å². The van der Waals surface area contributed by atoms with Gasteiger partial charge in [-0.15, -0.1) is 10.2 Å². The molecule has 2 aliphatic heterocycles. The van der Waals surface area contributed by atoms with Crippen LogP contribution in [-0.2, 0) is 22.4 Å². The van der Waals surface area contributed by atoms with Crippen molar-refractivity contribution in [2.75, 3.05) is 25.0 Å². The van der Waals surface area contributed by atoms with Crippen molar-refractivity contribution in [3.63, 3.8) is 0 Å². The summed E-state index contributed by atoms with van der Waals surface area (Å²) in [5.41, 5.74) is 3.79. The average Bonchev–Trinajstić information content (AvgIpc) is 3.33. The molecule has 3 heterocycles. The van der Waals surface area contributed by atoms with E-state index < -0.39 is 0 Å². The molecule has 1 fully saturated rings. The maximum absolute atomic E-state index is 12.6. The van der Waals surface area contributed by atoms with Crippen molar-refractivity contribution in [3.8, 4) is 5.75 Å². The summed E-state index contributed by atoms with van der Waals surface area (Å²) in [6.45, 7) is 1.95. The molecule has 0 unspecified atom stereocenters. The number of rotatable bonds is 4. The number of hydrogen-bond donors (Lipinski definition) is 1. The van der Waals surface area contributed by atoms with Gasteiger partial charge in [-0.1, -0.05) is 23.5 Å². The third-order valence-corrected chi connectivity index (χ3v) is 5.52. The summed E-state index contributed by atoms with van der Waals surface area (Å²) in [5.74, 6) is 0.933. The summed E-state index contributed by atoms with van der Waals surface area (Å²) in [4.78, 5) is 26.7. The summed E-state index contributed by atoms with van der Waals surface area (Å²) in [7, 11) is 0. The Hall–Kier alpha value is -2.48. The fourth-order valence-electron chi connectivity index (χ4n) is 3.46. The summed E-state index contributed by atoms with van der Waals surface area (Å²) < 4.78 is 5.51. The lowest BCUT2D eigenvalue weighted by atomic mass is 9.95. The minimum Gasteiger partial charge on any atom is -0.493 e. The van der Waals surface area contributed by atoms with Gasteiger partial charge in [0, 0.05) is 25.4 Å². The van der Waals surface area contributed by atoms with Gasteiger partial charge in [0.2, 0.25) is 16.9 Å². The Morgan fingerprint density at radius 2 is 2.15 bits per heavy atom. The summed E-state index contributed by atoms with van der Waals surface area (Å²) in [6, 6.07) is 5.99. The third-order valence-electron chi connectivity index (χ3n) is 4.92. The fourth-order valence-corrected chi connectivity index (χ4v) is 3.91. The van der Waals surface area contributed by atoms with Gasteiger partial charge in [0.15, 0.2) is 0 Å². The van der Waals surface area contributed by atoms with E-state index in [1.807, 2.05) is 17.0 Å². The first-order valence-corrected chi connectivity index (χ1v) is 9.66. The lowest BCUT2D eigenvalue weighted by Crippen LogP contribution is -2.42. The predicted molar refractivity (Wildman–Crippen MR) is 97.2 cm³/mol. The van der Waals surface area contributed by atoms with Gasteiger partial charge < -0.3 is 15.0 Å². The molecule has 2 aromatic rings. The van der Waals surface area contributed by atoms with Crippen LogP contribution in [0, 0.1) is 5.92 Å². The van der Waals surface area contributed by atoms with Gasteiger partial charge in [-0.05, 0) is 30.0 Å². The standard InChI is InChI=1S/C18H20N4O3S/c23-16(10-12-1-2-15-14(9-12)5-8-25-15)22-6-3-13(4-7-22)17(24)20-18-21-19-11-26-18/h1-2,9,11,13H,3-8,10H2,(H,20,21,24). The Morgan fingerprint density at radius 3 is 2.92 bits per heavy atom. The van der Waals surface area contributed by atoms with Crippen molar-refractivity contribution in [2.45, 2.75) is 25.7 Å². The van der Waals surface area contributed by atoms with E-state index in [4.69, 9.17) is 4.74 Å². The SMILES string of the molecule is O=C(Nc1nncs1)C1CCN(C(=O)Cc2ccc3c(c2)CCO3)CC1. The van der Waals surface area contributed by atoms with E-state index in [0.717, 1.165) is 24.3 Å². The van der Waals surface area contributed by atoms with Crippen molar-refractivity contribution in [3.05, 3.63) is 34.8 Å². The topological polar surface area (TPSA) is 84.4 Å². The van der Waals surface area contributed by atoms with Crippen LogP contribution in [-0.4, -0.2) is 46.6 Å². The molecule has 2 amide bonds. The van der Waals surface area contributed by atoms with Gasteiger partial charge in [0.1, 0.15) is 11.3 Å². The number of ether oxygens (including phenoxy) is 1. The monoisotopic (exact) mass is 372 g/mol. The summed E-state index contributed by atoms with van der Waals surface area (Å²) in [6.07, 6.45) is 2.66. The minimum absolute atomic E-state index is 0.0347. The second-order valence-corrected chi connectivity index (χ2v) is 7.44. The Kier molecular flexibility index (Phi) is 4.83. The molecule has 1 N–H and O–H groups in total. The zero-order valence-corrected chi connectivity index (χ0v) is 15.1. The number of benzene rings is 1. The quantitative estimate of drug-likeness (QED) is 0.886. The first-order chi connectivity index (χ1) is 12.7. The Morgan fingerprint density at radius 1 is 1.31 bits per heavy atom. The molecular formula is C18H20N4O3S. The molecular weight excluding hydrogens is 352 g/mol. The summed E-state index contributed by atoms with van der Waals surface area (Å²) >= 11 is 1.30. The molecule has 136 valence electrons. The number of anilines is 1. The normalized spacial score (nSPS) is 16.8. The van der Waals surface area contributed by atoms with Crippen LogP contribution in [0.25, 0.3) is 0 Å².